The number of hydrogen-bond acceptors (Lipinski definition) is 5. The van der Waals surface area contributed by atoms with Gasteiger partial charge in [0.25, 0.3) is 0 Å². The van der Waals surface area contributed by atoms with Crippen LogP contribution in [0.4, 0.5) is 0 Å². The highest BCUT2D eigenvalue weighted by Crippen LogP contribution is 2.43. The lowest BCUT2D eigenvalue weighted by Gasteiger charge is -2.11. The second kappa shape index (κ2) is 11.2. The van der Waals surface area contributed by atoms with Gasteiger partial charge >= 0.3 is 0 Å². The second-order valence-electron chi connectivity index (χ2n) is 12.8. The first-order valence-electron chi connectivity index (χ1n) is 16.9. The molecule has 4 aromatic heterocycles. The minimum Gasteiger partial charge on any atom is -0.309 e. The number of para-hydroxylation sites is 1. The Hall–Kier alpha value is -6.21. The Labute approximate surface area is 300 Å². The highest BCUT2D eigenvalue weighted by molar-refractivity contribution is 7.27. The summed E-state index contributed by atoms with van der Waals surface area (Å²) in [6.45, 7) is 0. The summed E-state index contributed by atoms with van der Waals surface area (Å²) in [7, 11) is 0. The molecule has 11 rings (SSSR count). The molecule has 0 unspecified atom stereocenters. The molecule has 7 aromatic carbocycles. The second-order valence-corrected chi connectivity index (χ2v) is 15.0. The van der Waals surface area contributed by atoms with E-state index < -0.39 is 0 Å². The number of benzene rings is 7. The van der Waals surface area contributed by atoms with E-state index in [9.17, 15) is 0 Å². The molecule has 0 aliphatic carbocycles. The van der Waals surface area contributed by atoms with E-state index in [2.05, 4.69) is 144 Å². The Bertz CT molecular complexity index is 3140. The summed E-state index contributed by atoms with van der Waals surface area (Å²) in [5.41, 5.74) is 6.36. The zero-order valence-corrected chi connectivity index (χ0v) is 28.7. The van der Waals surface area contributed by atoms with Gasteiger partial charge < -0.3 is 4.57 Å². The molecule has 0 atom stereocenters. The van der Waals surface area contributed by atoms with Crippen molar-refractivity contribution in [3.63, 3.8) is 0 Å². The third-order valence-electron chi connectivity index (χ3n) is 9.87. The summed E-state index contributed by atoms with van der Waals surface area (Å²) in [5, 5.41) is 7.67. The van der Waals surface area contributed by atoms with Crippen molar-refractivity contribution in [1.29, 1.82) is 0 Å². The third-order valence-corrected chi connectivity index (χ3v) is 12.2. The summed E-state index contributed by atoms with van der Waals surface area (Å²) in [5.74, 6) is 1.97. The molecular weight excluding hydrogens is 661 g/mol. The molecule has 0 spiro atoms. The van der Waals surface area contributed by atoms with Crippen LogP contribution in [-0.2, 0) is 0 Å². The standard InChI is InChI=1S/C45H26N4S2/c1-2-10-27(11-3-1)43-46-44(48-45(47-43)29-20-25-40-35(26-29)32-13-6-8-16-38(32)50-40)28-18-21-30(22-19-28)49-36-15-7-4-14-34(36)41-37(49)24-23-33-31-12-5-9-17-39(31)51-42(33)41/h1-26H. The maximum atomic E-state index is 5.09. The maximum absolute atomic E-state index is 5.09. The van der Waals surface area contributed by atoms with Gasteiger partial charge in [0, 0.05) is 73.5 Å². The van der Waals surface area contributed by atoms with Crippen LogP contribution in [0.5, 0.6) is 0 Å². The summed E-state index contributed by atoms with van der Waals surface area (Å²) in [6.07, 6.45) is 0. The molecule has 0 saturated heterocycles. The van der Waals surface area contributed by atoms with Crippen LogP contribution >= 0.6 is 22.7 Å². The minimum atomic E-state index is 0.648. The highest BCUT2D eigenvalue weighted by atomic mass is 32.1. The van der Waals surface area contributed by atoms with Crippen molar-refractivity contribution in [3.05, 3.63) is 158 Å². The molecule has 51 heavy (non-hydrogen) atoms. The predicted octanol–water partition coefficient (Wildman–Crippen LogP) is 12.7. The minimum absolute atomic E-state index is 0.648. The van der Waals surface area contributed by atoms with Crippen LogP contribution in [-0.4, -0.2) is 19.5 Å². The SMILES string of the molecule is c1ccc(-c2nc(-c3ccc(-n4c5ccccc5c5c6sc7ccccc7c6ccc54)cc3)nc(-c3ccc4sc5ccccc5c4c3)n2)cc1. The number of thiophene rings is 2. The summed E-state index contributed by atoms with van der Waals surface area (Å²) < 4.78 is 7.57. The van der Waals surface area contributed by atoms with Gasteiger partial charge in [-0.25, -0.2) is 15.0 Å². The highest BCUT2D eigenvalue weighted by Gasteiger charge is 2.18. The van der Waals surface area contributed by atoms with Crippen molar-refractivity contribution in [3.8, 4) is 39.9 Å². The lowest BCUT2D eigenvalue weighted by atomic mass is 10.1. The number of fused-ring (bicyclic) bond motifs is 10. The van der Waals surface area contributed by atoms with Gasteiger partial charge in [-0.05, 0) is 66.7 Å². The molecule has 0 saturated carbocycles. The largest absolute Gasteiger partial charge is 0.309 e. The number of nitrogens with zero attached hydrogens (tertiary/aromatic N) is 4. The van der Waals surface area contributed by atoms with E-state index >= 15 is 0 Å². The Morgan fingerprint density at radius 1 is 0.373 bits per heavy atom. The molecular formula is C45H26N4S2. The summed E-state index contributed by atoms with van der Waals surface area (Å²) in [6, 6.07) is 55.9. The van der Waals surface area contributed by atoms with Crippen LogP contribution in [0.1, 0.15) is 0 Å². The molecule has 4 nitrogen and oxygen atoms in total. The van der Waals surface area contributed by atoms with Crippen LogP contribution in [0.3, 0.4) is 0 Å². The van der Waals surface area contributed by atoms with Gasteiger partial charge in [-0.15, -0.1) is 22.7 Å². The molecule has 0 radical (unpaired) electrons. The average Bonchev–Trinajstić information content (AvgIpc) is 3.87. The van der Waals surface area contributed by atoms with Crippen LogP contribution < -0.4 is 0 Å². The molecule has 0 N–H and O–H groups in total. The molecule has 238 valence electrons. The van der Waals surface area contributed by atoms with Crippen molar-refractivity contribution in [2.75, 3.05) is 0 Å². The first-order valence-corrected chi connectivity index (χ1v) is 18.6. The molecule has 0 bridgehead atoms. The summed E-state index contributed by atoms with van der Waals surface area (Å²) >= 11 is 3.69. The molecule has 0 aliphatic rings. The van der Waals surface area contributed by atoms with Crippen molar-refractivity contribution >= 4 is 84.8 Å². The van der Waals surface area contributed by atoms with Crippen LogP contribution in [0, 0.1) is 0 Å². The van der Waals surface area contributed by atoms with E-state index in [4.69, 9.17) is 15.0 Å². The fourth-order valence-corrected chi connectivity index (χ4v) is 9.83. The first-order chi connectivity index (χ1) is 25.3. The number of rotatable bonds is 4. The fraction of sp³-hybridized carbons (Fsp3) is 0. The Balaban J connectivity index is 1.07. The quantitative estimate of drug-likeness (QED) is 0.185. The van der Waals surface area contributed by atoms with Gasteiger partial charge in [-0.1, -0.05) is 91.0 Å². The van der Waals surface area contributed by atoms with Crippen LogP contribution in [0.15, 0.2) is 158 Å². The van der Waals surface area contributed by atoms with E-state index in [1.165, 1.54) is 62.2 Å². The van der Waals surface area contributed by atoms with Gasteiger partial charge in [0.1, 0.15) is 0 Å². The van der Waals surface area contributed by atoms with E-state index in [1.807, 2.05) is 40.9 Å². The van der Waals surface area contributed by atoms with Crippen molar-refractivity contribution in [2.45, 2.75) is 0 Å². The van der Waals surface area contributed by atoms with Crippen LogP contribution in [0.2, 0.25) is 0 Å². The lowest BCUT2D eigenvalue weighted by molar-refractivity contribution is 1.07. The Morgan fingerprint density at radius 2 is 0.941 bits per heavy atom. The van der Waals surface area contributed by atoms with Gasteiger partial charge in [0.15, 0.2) is 17.5 Å². The van der Waals surface area contributed by atoms with E-state index in [0.29, 0.717) is 17.5 Å². The Morgan fingerprint density at radius 3 is 1.71 bits per heavy atom. The molecule has 0 fully saturated rings. The van der Waals surface area contributed by atoms with Crippen LogP contribution in [0.25, 0.3) is 102 Å². The number of hydrogen-bond donors (Lipinski definition) is 0. The number of aromatic nitrogens is 4. The average molecular weight is 687 g/mol. The zero-order chi connectivity index (χ0) is 33.5. The zero-order valence-electron chi connectivity index (χ0n) is 27.1. The topological polar surface area (TPSA) is 43.6 Å². The monoisotopic (exact) mass is 686 g/mol. The molecule has 0 aliphatic heterocycles. The van der Waals surface area contributed by atoms with Gasteiger partial charge in [-0.3, -0.25) is 0 Å². The maximum Gasteiger partial charge on any atom is 0.164 e. The lowest BCUT2D eigenvalue weighted by Crippen LogP contribution is -2.00. The van der Waals surface area contributed by atoms with Crippen molar-refractivity contribution in [2.24, 2.45) is 0 Å². The normalized spacial score (nSPS) is 11.9. The molecule has 11 aromatic rings. The van der Waals surface area contributed by atoms with E-state index in [1.54, 1.807) is 0 Å². The molecule has 0 amide bonds. The van der Waals surface area contributed by atoms with Crippen molar-refractivity contribution < 1.29 is 0 Å². The first kappa shape index (κ1) is 28.6. The predicted molar refractivity (Wildman–Crippen MR) is 216 cm³/mol. The molecule has 6 heteroatoms. The molecule has 4 heterocycles. The summed E-state index contributed by atoms with van der Waals surface area (Å²) in [4.78, 5) is 15.1. The van der Waals surface area contributed by atoms with Crippen molar-refractivity contribution in [1.82, 2.24) is 19.5 Å². The van der Waals surface area contributed by atoms with E-state index in [-0.39, 0.29) is 0 Å². The Kier molecular flexibility index (Phi) is 6.26. The van der Waals surface area contributed by atoms with Gasteiger partial charge in [0.2, 0.25) is 0 Å². The smallest absolute Gasteiger partial charge is 0.164 e. The van der Waals surface area contributed by atoms with Gasteiger partial charge in [0.05, 0.1) is 11.0 Å². The third kappa shape index (κ3) is 4.47. The van der Waals surface area contributed by atoms with Gasteiger partial charge in [-0.2, -0.15) is 0 Å². The van der Waals surface area contributed by atoms with E-state index in [0.717, 1.165) is 22.4 Å². The fourth-order valence-electron chi connectivity index (χ4n) is 7.49.